The summed E-state index contributed by atoms with van der Waals surface area (Å²) < 4.78 is 5.01. The van der Waals surface area contributed by atoms with Crippen LogP contribution >= 0.6 is 0 Å². The lowest BCUT2D eigenvalue weighted by Crippen LogP contribution is -2.25. The largest absolute Gasteiger partial charge is 0.447 e. The van der Waals surface area contributed by atoms with Crippen LogP contribution in [0, 0.1) is 6.92 Å². The molecule has 0 spiro atoms. The molecule has 0 bridgehead atoms. The summed E-state index contributed by atoms with van der Waals surface area (Å²) in [5.41, 5.74) is 3.24. The van der Waals surface area contributed by atoms with Gasteiger partial charge in [0.15, 0.2) is 0 Å². The average Bonchev–Trinajstić information content (AvgIpc) is 3.04. The van der Waals surface area contributed by atoms with Crippen molar-refractivity contribution in [3.63, 3.8) is 0 Å². The Balaban J connectivity index is 1.83. The lowest BCUT2D eigenvalue weighted by atomic mass is 10.1. The van der Waals surface area contributed by atoms with Crippen molar-refractivity contribution in [1.29, 1.82) is 0 Å². The molecule has 1 saturated heterocycles. The maximum absolute atomic E-state index is 11.7. The first-order valence-electron chi connectivity index (χ1n) is 7.06. The third kappa shape index (κ3) is 2.39. The van der Waals surface area contributed by atoms with E-state index in [1.165, 1.54) is 25.7 Å². The van der Waals surface area contributed by atoms with Gasteiger partial charge in [-0.05, 0) is 37.5 Å². The van der Waals surface area contributed by atoms with Crippen molar-refractivity contribution in [3.8, 4) is 0 Å². The predicted octanol–water partition coefficient (Wildman–Crippen LogP) is 3.31. The molecule has 19 heavy (non-hydrogen) atoms. The number of anilines is 2. The number of amides is 1. The van der Waals surface area contributed by atoms with Crippen molar-refractivity contribution >= 4 is 17.5 Å². The van der Waals surface area contributed by atoms with Crippen molar-refractivity contribution in [3.05, 3.63) is 23.8 Å². The lowest BCUT2D eigenvalue weighted by Gasteiger charge is -2.21. The Kier molecular flexibility index (Phi) is 3.32. The van der Waals surface area contributed by atoms with Gasteiger partial charge in [0.2, 0.25) is 0 Å². The van der Waals surface area contributed by atoms with Crippen LogP contribution in [0.4, 0.5) is 16.2 Å². The van der Waals surface area contributed by atoms with Crippen LogP contribution < -0.4 is 10.2 Å². The second-order valence-electron chi connectivity index (χ2n) is 5.34. The van der Waals surface area contributed by atoms with Crippen molar-refractivity contribution in [2.45, 2.75) is 38.6 Å². The SMILES string of the molecule is Cc1c(NC2CCCC2)cccc1N1CCOC1=O. The third-order valence-electron chi connectivity index (χ3n) is 4.07. The topological polar surface area (TPSA) is 41.6 Å². The van der Waals surface area contributed by atoms with Crippen LogP contribution in [-0.4, -0.2) is 25.3 Å². The second-order valence-corrected chi connectivity index (χ2v) is 5.34. The Morgan fingerprint density at radius 2 is 2.11 bits per heavy atom. The molecule has 2 fully saturated rings. The van der Waals surface area contributed by atoms with E-state index in [1.807, 2.05) is 12.1 Å². The van der Waals surface area contributed by atoms with Gasteiger partial charge in [-0.15, -0.1) is 0 Å². The van der Waals surface area contributed by atoms with Crippen LogP contribution in [0.2, 0.25) is 0 Å². The summed E-state index contributed by atoms with van der Waals surface area (Å²) in [6, 6.07) is 6.67. The van der Waals surface area contributed by atoms with Crippen LogP contribution in [0.1, 0.15) is 31.2 Å². The summed E-state index contributed by atoms with van der Waals surface area (Å²) >= 11 is 0. The van der Waals surface area contributed by atoms with Crippen molar-refractivity contribution < 1.29 is 9.53 Å². The molecular weight excluding hydrogens is 240 g/mol. The minimum atomic E-state index is -0.235. The minimum absolute atomic E-state index is 0.235. The van der Waals surface area contributed by atoms with E-state index in [9.17, 15) is 4.79 Å². The number of ether oxygens (including phenoxy) is 1. The fraction of sp³-hybridized carbons (Fsp3) is 0.533. The number of rotatable bonds is 3. The smallest absolute Gasteiger partial charge is 0.414 e. The molecule has 1 aromatic rings. The Labute approximate surface area is 113 Å². The van der Waals surface area contributed by atoms with E-state index in [2.05, 4.69) is 18.3 Å². The minimum Gasteiger partial charge on any atom is -0.447 e. The van der Waals surface area contributed by atoms with Crippen LogP contribution in [0.15, 0.2) is 18.2 Å². The molecule has 1 amide bonds. The van der Waals surface area contributed by atoms with Gasteiger partial charge in [0.05, 0.1) is 12.2 Å². The zero-order chi connectivity index (χ0) is 13.2. The zero-order valence-corrected chi connectivity index (χ0v) is 11.3. The summed E-state index contributed by atoms with van der Waals surface area (Å²) in [5.74, 6) is 0. The molecule has 0 atom stereocenters. The van der Waals surface area contributed by atoms with E-state index < -0.39 is 0 Å². The van der Waals surface area contributed by atoms with E-state index in [4.69, 9.17) is 4.74 Å². The highest BCUT2D eigenvalue weighted by Gasteiger charge is 2.25. The fourth-order valence-electron chi connectivity index (χ4n) is 2.97. The summed E-state index contributed by atoms with van der Waals surface area (Å²) in [6.45, 7) is 3.20. The molecule has 0 unspecified atom stereocenters. The quantitative estimate of drug-likeness (QED) is 0.906. The molecule has 1 aliphatic carbocycles. The van der Waals surface area contributed by atoms with Crippen LogP contribution in [0.25, 0.3) is 0 Å². The van der Waals surface area contributed by atoms with Gasteiger partial charge in [-0.25, -0.2) is 4.79 Å². The predicted molar refractivity (Wildman–Crippen MR) is 75.8 cm³/mol. The van der Waals surface area contributed by atoms with Crippen molar-refractivity contribution in [2.75, 3.05) is 23.4 Å². The van der Waals surface area contributed by atoms with E-state index in [-0.39, 0.29) is 6.09 Å². The lowest BCUT2D eigenvalue weighted by molar-refractivity contribution is 0.181. The summed E-state index contributed by atoms with van der Waals surface area (Å²) in [5, 5.41) is 3.61. The third-order valence-corrected chi connectivity index (χ3v) is 4.07. The van der Waals surface area contributed by atoms with Gasteiger partial charge in [0, 0.05) is 11.7 Å². The van der Waals surface area contributed by atoms with Gasteiger partial charge < -0.3 is 10.1 Å². The molecule has 3 rings (SSSR count). The maximum Gasteiger partial charge on any atom is 0.414 e. The molecule has 1 heterocycles. The summed E-state index contributed by atoms with van der Waals surface area (Å²) in [4.78, 5) is 13.4. The van der Waals surface area contributed by atoms with Gasteiger partial charge in [0.25, 0.3) is 0 Å². The summed E-state index contributed by atoms with van der Waals surface area (Å²) in [7, 11) is 0. The molecule has 1 aliphatic heterocycles. The van der Waals surface area contributed by atoms with E-state index in [1.54, 1.807) is 4.90 Å². The highest BCUT2D eigenvalue weighted by atomic mass is 16.6. The molecule has 102 valence electrons. The van der Waals surface area contributed by atoms with Crippen LogP contribution in [-0.2, 0) is 4.74 Å². The number of nitrogens with zero attached hydrogens (tertiary/aromatic N) is 1. The highest BCUT2D eigenvalue weighted by Crippen LogP contribution is 2.31. The number of cyclic esters (lactones) is 1. The number of benzene rings is 1. The molecule has 1 aromatic carbocycles. The maximum atomic E-state index is 11.7. The van der Waals surface area contributed by atoms with Crippen LogP contribution in [0.5, 0.6) is 0 Å². The molecular formula is C15H20N2O2. The Morgan fingerprint density at radius 3 is 2.79 bits per heavy atom. The van der Waals surface area contributed by atoms with Gasteiger partial charge >= 0.3 is 6.09 Å². The number of hydrogen-bond donors (Lipinski definition) is 1. The Morgan fingerprint density at radius 1 is 1.32 bits per heavy atom. The number of carbonyl (C=O) groups is 1. The first-order chi connectivity index (χ1) is 9.25. The molecule has 4 nitrogen and oxygen atoms in total. The monoisotopic (exact) mass is 260 g/mol. The van der Waals surface area contributed by atoms with Gasteiger partial charge in [0.1, 0.15) is 6.61 Å². The van der Waals surface area contributed by atoms with Gasteiger partial charge in [-0.1, -0.05) is 18.9 Å². The normalized spacial score (nSPS) is 19.8. The van der Waals surface area contributed by atoms with Crippen molar-refractivity contribution in [1.82, 2.24) is 0 Å². The first-order valence-corrected chi connectivity index (χ1v) is 7.06. The zero-order valence-electron chi connectivity index (χ0n) is 11.3. The van der Waals surface area contributed by atoms with Crippen molar-refractivity contribution in [2.24, 2.45) is 0 Å². The van der Waals surface area contributed by atoms with Crippen LogP contribution in [0.3, 0.4) is 0 Å². The number of carbonyl (C=O) groups excluding carboxylic acids is 1. The average molecular weight is 260 g/mol. The Hall–Kier alpha value is -1.71. The van der Waals surface area contributed by atoms with E-state index in [0.717, 1.165) is 16.9 Å². The number of nitrogens with one attached hydrogen (secondary N) is 1. The molecule has 2 aliphatic rings. The van der Waals surface area contributed by atoms with E-state index in [0.29, 0.717) is 19.2 Å². The Bertz CT molecular complexity index is 481. The fourth-order valence-corrected chi connectivity index (χ4v) is 2.97. The van der Waals surface area contributed by atoms with Gasteiger partial charge in [-0.3, -0.25) is 4.90 Å². The van der Waals surface area contributed by atoms with E-state index >= 15 is 0 Å². The first kappa shape index (κ1) is 12.3. The molecule has 0 radical (unpaired) electrons. The summed E-state index contributed by atoms with van der Waals surface area (Å²) in [6.07, 6.45) is 4.88. The molecule has 4 heteroatoms. The van der Waals surface area contributed by atoms with Gasteiger partial charge in [-0.2, -0.15) is 0 Å². The molecule has 1 saturated carbocycles. The second kappa shape index (κ2) is 5.11. The highest BCUT2D eigenvalue weighted by molar-refractivity contribution is 5.91. The molecule has 0 aromatic heterocycles. The number of hydrogen-bond acceptors (Lipinski definition) is 3. The standard InChI is InChI=1S/C15H20N2O2/c1-11-13(16-12-5-2-3-6-12)7-4-8-14(11)17-9-10-19-15(17)18/h4,7-8,12,16H,2-3,5-6,9-10H2,1H3. The molecule has 1 N–H and O–H groups in total.